The molecule has 28 heavy (non-hydrogen) atoms. The zero-order valence-corrected chi connectivity index (χ0v) is 15.6. The van der Waals surface area contributed by atoms with Crippen LogP contribution in [0.25, 0.3) is 11.5 Å². The van der Waals surface area contributed by atoms with Gasteiger partial charge in [0.15, 0.2) is 11.7 Å². The number of benzene rings is 1. The van der Waals surface area contributed by atoms with E-state index >= 15 is 0 Å². The average Bonchev–Trinajstić information content (AvgIpc) is 3.08. The van der Waals surface area contributed by atoms with Crippen molar-refractivity contribution in [2.24, 2.45) is 0 Å². The number of oxazole rings is 1. The minimum absolute atomic E-state index is 0.129. The minimum atomic E-state index is -1.44. The van der Waals surface area contributed by atoms with E-state index < -0.39 is 36.2 Å². The summed E-state index contributed by atoms with van der Waals surface area (Å²) in [6, 6.07) is 5.01. The Hall–Kier alpha value is -3.40. The Morgan fingerprint density at radius 3 is 2.39 bits per heavy atom. The third-order valence-corrected chi connectivity index (χ3v) is 3.30. The Balaban J connectivity index is 2.04. The molecule has 0 radical (unpaired) electrons. The molecule has 2 aromatic rings. The van der Waals surface area contributed by atoms with E-state index in [-0.39, 0.29) is 11.6 Å². The lowest BCUT2D eigenvalue weighted by Crippen LogP contribution is -2.43. The average molecular weight is 391 g/mol. The van der Waals surface area contributed by atoms with Gasteiger partial charge in [-0.15, -0.1) is 0 Å². The molecule has 0 saturated heterocycles. The molecule has 4 N–H and O–H groups in total. The van der Waals surface area contributed by atoms with E-state index in [9.17, 15) is 14.4 Å². The molecule has 1 aromatic heterocycles. The third-order valence-electron chi connectivity index (χ3n) is 3.30. The van der Waals surface area contributed by atoms with Gasteiger partial charge in [0.05, 0.1) is 6.61 Å². The zero-order valence-electron chi connectivity index (χ0n) is 15.6. The van der Waals surface area contributed by atoms with Crippen molar-refractivity contribution in [2.75, 3.05) is 11.9 Å². The number of hydrogen-bond acceptors (Lipinski definition) is 7. The number of aromatic nitrogens is 1. The summed E-state index contributed by atoms with van der Waals surface area (Å²) >= 11 is 0. The summed E-state index contributed by atoms with van der Waals surface area (Å²) in [5.41, 5.74) is 0.278. The van der Waals surface area contributed by atoms with Crippen molar-refractivity contribution in [2.45, 2.75) is 32.4 Å². The molecule has 0 aliphatic heterocycles. The number of nitrogens with one attached hydrogen (secondary N) is 2. The van der Waals surface area contributed by atoms with Crippen LogP contribution in [0.3, 0.4) is 0 Å². The molecule has 1 aromatic carbocycles. The Labute approximate surface area is 160 Å². The monoisotopic (exact) mass is 391 g/mol. The quantitative estimate of drug-likeness (QED) is 0.582. The van der Waals surface area contributed by atoms with Gasteiger partial charge >= 0.3 is 12.1 Å². The Morgan fingerprint density at radius 1 is 1.21 bits per heavy atom. The Kier molecular flexibility index (Phi) is 6.37. The highest BCUT2D eigenvalue weighted by molar-refractivity contribution is 5.95. The van der Waals surface area contributed by atoms with Crippen LogP contribution >= 0.6 is 0 Å². The van der Waals surface area contributed by atoms with Crippen molar-refractivity contribution in [1.82, 2.24) is 10.3 Å². The summed E-state index contributed by atoms with van der Waals surface area (Å²) in [4.78, 5) is 38.6. The molecule has 0 saturated carbocycles. The van der Waals surface area contributed by atoms with Crippen molar-refractivity contribution < 1.29 is 33.8 Å². The van der Waals surface area contributed by atoms with Crippen molar-refractivity contribution in [3.8, 4) is 11.5 Å². The Morgan fingerprint density at radius 2 is 1.86 bits per heavy atom. The number of nitrogens with zero attached hydrogens (tertiary/aromatic N) is 1. The molecule has 0 bridgehead atoms. The molecule has 0 aliphatic carbocycles. The molecule has 1 atom stereocenters. The number of aliphatic carboxylic acids is 1. The van der Waals surface area contributed by atoms with Gasteiger partial charge in [-0.1, -0.05) is 0 Å². The summed E-state index contributed by atoms with van der Waals surface area (Å²) in [5, 5.41) is 22.5. The fourth-order valence-electron chi connectivity index (χ4n) is 2.05. The van der Waals surface area contributed by atoms with Crippen LogP contribution in [0.4, 0.5) is 10.5 Å². The molecule has 1 heterocycles. The fourth-order valence-corrected chi connectivity index (χ4v) is 2.05. The number of rotatable bonds is 6. The van der Waals surface area contributed by atoms with E-state index in [4.69, 9.17) is 19.4 Å². The maximum absolute atomic E-state index is 12.0. The lowest BCUT2D eigenvalue weighted by atomic mass is 10.2. The number of carboxylic acid groups (broad SMARTS) is 1. The largest absolute Gasteiger partial charge is 0.480 e. The standard InChI is InChI=1S/C18H21N3O7/c1-18(2,3)28-17(26)19-11-6-4-10(5-7-11)15-21-13(9-27-15)14(23)20-12(8-22)16(24)25/h4-7,9,12,22H,8H2,1-3H3,(H,19,26)(H,20,23)(H,24,25)/t12-/m0/s1. The molecular weight excluding hydrogens is 370 g/mol. The molecular formula is C18H21N3O7. The highest BCUT2D eigenvalue weighted by Gasteiger charge is 2.22. The molecule has 0 unspecified atom stereocenters. The predicted octanol–water partition coefficient (Wildman–Crippen LogP) is 1.86. The van der Waals surface area contributed by atoms with E-state index in [1.807, 2.05) is 0 Å². The number of carboxylic acids is 1. The van der Waals surface area contributed by atoms with Gasteiger partial charge in [0, 0.05) is 11.3 Å². The minimum Gasteiger partial charge on any atom is -0.480 e. The third kappa shape index (κ3) is 5.81. The van der Waals surface area contributed by atoms with Crippen molar-refractivity contribution in [3.63, 3.8) is 0 Å². The van der Waals surface area contributed by atoms with Gasteiger partial charge in [0.25, 0.3) is 5.91 Å². The van der Waals surface area contributed by atoms with E-state index in [0.29, 0.717) is 11.3 Å². The van der Waals surface area contributed by atoms with Crippen LogP contribution < -0.4 is 10.6 Å². The topological polar surface area (TPSA) is 151 Å². The maximum Gasteiger partial charge on any atom is 0.412 e. The molecule has 10 heteroatoms. The highest BCUT2D eigenvalue weighted by atomic mass is 16.6. The van der Waals surface area contributed by atoms with E-state index in [1.165, 1.54) is 0 Å². The first-order valence-electron chi connectivity index (χ1n) is 8.29. The summed E-state index contributed by atoms with van der Waals surface area (Å²) in [6.45, 7) is 4.51. The van der Waals surface area contributed by atoms with Gasteiger partial charge in [0.1, 0.15) is 11.9 Å². The number of carbonyl (C=O) groups excluding carboxylic acids is 2. The molecule has 0 fully saturated rings. The second-order valence-corrected chi connectivity index (χ2v) is 6.79. The first-order chi connectivity index (χ1) is 13.1. The van der Waals surface area contributed by atoms with Crippen LogP contribution in [-0.2, 0) is 9.53 Å². The lowest BCUT2D eigenvalue weighted by molar-refractivity contribution is -0.140. The van der Waals surface area contributed by atoms with Gasteiger partial charge in [-0.3, -0.25) is 10.1 Å². The van der Waals surface area contributed by atoms with Crippen LogP contribution in [0.15, 0.2) is 34.9 Å². The molecule has 10 nitrogen and oxygen atoms in total. The van der Waals surface area contributed by atoms with Crippen LogP contribution in [0.2, 0.25) is 0 Å². The number of anilines is 1. The van der Waals surface area contributed by atoms with E-state index in [0.717, 1.165) is 6.26 Å². The van der Waals surface area contributed by atoms with Crippen molar-refractivity contribution in [3.05, 3.63) is 36.2 Å². The normalized spacial score (nSPS) is 12.1. The number of ether oxygens (including phenoxy) is 1. The number of carbonyl (C=O) groups is 3. The lowest BCUT2D eigenvalue weighted by Gasteiger charge is -2.19. The SMILES string of the molecule is CC(C)(C)OC(=O)Nc1ccc(-c2nc(C(=O)N[C@@H](CO)C(=O)O)co2)cc1. The number of hydrogen-bond donors (Lipinski definition) is 4. The number of aliphatic hydroxyl groups excluding tert-OH is 1. The van der Waals surface area contributed by atoms with Crippen molar-refractivity contribution in [1.29, 1.82) is 0 Å². The molecule has 150 valence electrons. The summed E-state index contributed by atoms with van der Waals surface area (Å²) in [5.74, 6) is -2.03. The number of amides is 2. The molecule has 0 aliphatic rings. The highest BCUT2D eigenvalue weighted by Crippen LogP contribution is 2.21. The molecule has 0 spiro atoms. The summed E-state index contributed by atoms with van der Waals surface area (Å²) in [7, 11) is 0. The summed E-state index contributed by atoms with van der Waals surface area (Å²) < 4.78 is 10.4. The number of aliphatic hydroxyl groups is 1. The zero-order chi connectivity index (χ0) is 20.9. The molecule has 2 rings (SSSR count). The van der Waals surface area contributed by atoms with Crippen LogP contribution in [0.5, 0.6) is 0 Å². The van der Waals surface area contributed by atoms with Gasteiger partial charge in [-0.05, 0) is 45.0 Å². The first-order valence-corrected chi connectivity index (χ1v) is 8.29. The molecule has 2 amide bonds. The smallest absolute Gasteiger partial charge is 0.412 e. The maximum atomic E-state index is 12.0. The first kappa shape index (κ1) is 20.9. The summed E-state index contributed by atoms with van der Waals surface area (Å²) in [6.07, 6.45) is 0.487. The van der Waals surface area contributed by atoms with Gasteiger partial charge in [0.2, 0.25) is 5.89 Å². The van der Waals surface area contributed by atoms with Crippen LogP contribution in [0.1, 0.15) is 31.3 Å². The van der Waals surface area contributed by atoms with E-state index in [1.54, 1.807) is 45.0 Å². The van der Waals surface area contributed by atoms with Gasteiger partial charge in [-0.2, -0.15) is 0 Å². The second kappa shape index (κ2) is 8.53. The van der Waals surface area contributed by atoms with Crippen LogP contribution in [-0.4, -0.2) is 51.4 Å². The predicted molar refractivity (Wildman–Crippen MR) is 97.8 cm³/mol. The van der Waals surface area contributed by atoms with Gasteiger partial charge < -0.3 is 24.7 Å². The van der Waals surface area contributed by atoms with E-state index in [2.05, 4.69) is 15.6 Å². The fraction of sp³-hybridized carbons (Fsp3) is 0.333. The Bertz CT molecular complexity index is 853. The second-order valence-electron chi connectivity index (χ2n) is 6.79. The van der Waals surface area contributed by atoms with Gasteiger partial charge in [-0.25, -0.2) is 14.6 Å². The van der Waals surface area contributed by atoms with Crippen LogP contribution in [0, 0.1) is 0 Å². The van der Waals surface area contributed by atoms with Crippen molar-refractivity contribution >= 4 is 23.7 Å².